The van der Waals surface area contributed by atoms with Gasteiger partial charge in [-0.15, -0.1) is 0 Å². The van der Waals surface area contributed by atoms with E-state index in [4.69, 9.17) is 4.74 Å². The molecule has 0 bridgehead atoms. The lowest BCUT2D eigenvalue weighted by Gasteiger charge is -2.34. The topological polar surface area (TPSA) is 80.7 Å². The molecule has 0 aromatic heterocycles. The first-order chi connectivity index (χ1) is 8.82. The van der Waals surface area contributed by atoms with E-state index in [1.165, 1.54) is 0 Å². The maximum Gasteiger partial charge on any atom is 0.308 e. The summed E-state index contributed by atoms with van der Waals surface area (Å²) in [6, 6.07) is 0. The van der Waals surface area contributed by atoms with E-state index in [2.05, 4.69) is 0 Å². The second kappa shape index (κ2) is 6.70. The Bertz CT molecular complexity index is 393. The molecule has 1 aliphatic rings. The van der Waals surface area contributed by atoms with Crippen molar-refractivity contribution in [3.8, 4) is 0 Å². The normalized spacial score (nSPS) is 28.1. The monoisotopic (exact) mass is 292 g/mol. The van der Waals surface area contributed by atoms with Crippen LogP contribution in [0.25, 0.3) is 0 Å². The average Bonchev–Trinajstić information content (AvgIpc) is 2.28. The van der Waals surface area contributed by atoms with Crippen LogP contribution in [0.15, 0.2) is 0 Å². The summed E-state index contributed by atoms with van der Waals surface area (Å²) in [5.41, 5.74) is -1.17. The summed E-state index contributed by atoms with van der Waals surface area (Å²) in [6.45, 7) is 3.91. The van der Waals surface area contributed by atoms with Gasteiger partial charge in [-0.05, 0) is 39.0 Å². The van der Waals surface area contributed by atoms with Crippen LogP contribution in [0.2, 0.25) is 0 Å². The molecule has 0 saturated heterocycles. The third-order valence-corrected chi connectivity index (χ3v) is 5.55. The van der Waals surface area contributed by atoms with Crippen molar-refractivity contribution in [3.05, 3.63) is 0 Å². The van der Waals surface area contributed by atoms with Crippen LogP contribution < -0.4 is 0 Å². The van der Waals surface area contributed by atoms with Gasteiger partial charge >= 0.3 is 5.97 Å². The van der Waals surface area contributed by atoms with Crippen molar-refractivity contribution < 1.29 is 23.1 Å². The molecule has 5 nitrogen and oxygen atoms in total. The average molecular weight is 292 g/mol. The van der Waals surface area contributed by atoms with Gasteiger partial charge in [-0.3, -0.25) is 4.79 Å². The fourth-order valence-electron chi connectivity index (χ4n) is 2.59. The van der Waals surface area contributed by atoms with Crippen molar-refractivity contribution >= 4 is 15.8 Å². The summed E-state index contributed by atoms with van der Waals surface area (Å²) in [5.74, 6) is -0.518. The van der Waals surface area contributed by atoms with Crippen molar-refractivity contribution in [1.29, 1.82) is 0 Å². The number of hydrogen-bond donors (Lipinski definition) is 1. The van der Waals surface area contributed by atoms with Crippen molar-refractivity contribution in [2.24, 2.45) is 5.92 Å². The third-order valence-electron chi connectivity index (χ3n) is 3.54. The quantitative estimate of drug-likeness (QED) is 0.746. The number of rotatable bonds is 6. The lowest BCUT2D eigenvalue weighted by molar-refractivity contribution is -0.150. The fraction of sp³-hybridized carbons (Fsp3) is 0.923. The minimum absolute atomic E-state index is 0.108. The minimum Gasteiger partial charge on any atom is -0.466 e. The number of aliphatic hydroxyl groups is 1. The Morgan fingerprint density at radius 3 is 2.37 bits per heavy atom. The maximum absolute atomic E-state index is 11.8. The van der Waals surface area contributed by atoms with E-state index in [0.29, 0.717) is 38.7 Å². The Labute approximate surface area is 115 Å². The van der Waals surface area contributed by atoms with Gasteiger partial charge in [0, 0.05) is 0 Å². The standard InChI is InChI=1S/C13H24O5S/c1-3-9-19(16,17)10-13(15)7-5-11(6-8-13)12(14)18-4-2/h11,15H,3-10H2,1-2H3. The molecule has 1 rings (SSSR count). The number of hydrogen-bond acceptors (Lipinski definition) is 5. The third kappa shape index (κ3) is 5.10. The van der Waals surface area contributed by atoms with Gasteiger partial charge in [-0.1, -0.05) is 6.92 Å². The Morgan fingerprint density at radius 2 is 1.89 bits per heavy atom. The van der Waals surface area contributed by atoms with Crippen LogP contribution in [0.3, 0.4) is 0 Å². The zero-order valence-electron chi connectivity index (χ0n) is 11.7. The molecule has 0 atom stereocenters. The highest BCUT2D eigenvalue weighted by atomic mass is 32.2. The van der Waals surface area contributed by atoms with Crippen LogP contribution in [-0.4, -0.2) is 43.2 Å². The number of esters is 1. The Balaban J connectivity index is 2.54. The van der Waals surface area contributed by atoms with Crippen molar-refractivity contribution in [1.82, 2.24) is 0 Å². The predicted molar refractivity (Wildman–Crippen MR) is 72.5 cm³/mol. The Morgan fingerprint density at radius 1 is 1.32 bits per heavy atom. The maximum atomic E-state index is 11.8. The van der Waals surface area contributed by atoms with Gasteiger partial charge in [0.2, 0.25) is 0 Å². The summed E-state index contributed by atoms with van der Waals surface area (Å²) in [4.78, 5) is 11.6. The smallest absolute Gasteiger partial charge is 0.308 e. The molecule has 0 spiro atoms. The molecule has 0 heterocycles. The molecule has 0 aromatic rings. The molecule has 19 heavy (non-hydrogen) atoms. The number of ether oxygens (including phenoxy) is 1. The van der Waals surface area contributed by atoms with Crippen LogP contribution in [0.1, 0.15) is 46.0 Å². The molecule has 0 aromatic carbocycles. The zero-order chi connectivity index (χ0) is 14.5. The van der Waals surface area contributed by atoms with E-state index < -0.39 is 15.4 Å². The van der Waals surface area contributed by atoms with Crippen LogP contribution in [-0.2, 0) is 19.4 Å². The molecule has 1 N–H and O–H groups in total. The van der Waals surface area contributed by atoms with Crippen LogP contribution in [0, 0.1) is 5.92 Å². The van der Waals surface area contributed by atoms with E-state index >= 15 is 0 Å². The molecule has 0 radical (unpaired) electrons. The molecular weight excluding hydrogens is 268 g/mol. The van der Waals surface area contributed by atoms with Gasteiger partial charge in [0.25, 0.3) is 0 Å². The van der Waals surface area contributed by atoms with E-state index in [1.54, 1.807) is 13.8 Å². The van der Waals surface area contributed by atoms with Crippen LogP contribution in [0.4, 0.5) is 0 Å². The number of carbonyl (C=O) groups is 1. The van der Waals surface area contributed by atoms with Gasteiger partial charge in [0.1, 0.15) is 0 Å². The van der Waals surface area contributed by atoms with Gasteiger partial charge in [-0.25, -0.2) is 8.42 Å². The van der Waals surface area contributed by atoms with Crippen LogP contribution in [0.5, 0.6) is 0 Å². The summed E-state index contributed by atoms with van der Waals surface area (Å²) >= 11 is 0. The molecule has 1 aliphatic carbocycles. The summed E-state index contributed by atoms with van der Waals surface area (Å²) < 4.78 is 28.5. The first kappa shape index (κ1) is 16.4. The van der Waals surface area contributed by atoms with E-state index in [0.717, 1.165) is 0 Å². The zero-order valence-corrected chi connectivity index (χ0v) is 12.5. The highest BCUT2D eigenvalue weighted by Gasteiger charge is 2.39. The second-order valence-electron chi connectivity index (χ2n) is 5.34. The Hall–Kier alpha value is -0.620. The molecule has 0 amide bonds. The molecule has 1 saturated carbocycles. The van der Waals surface area contributed by atoms with Gasteiger partial charge in [0.15, 0.2) is 9.84 Å². The first-order valence-corrected chi connectivity index (χ1v) is 8.73. The lowest BCUT2D eigenvalue weighted by Crippen LogP contribution is -2.42. The molecular formula is C13H24O5S. The molecule has 0 unspecified atom stereocenters. The van der Waals surface area contributed by atoms with E-state index in [1.807, 2.05) is 0 Å². The van der Waals surface area contributed by atoms with Gasteiger partial charge in [0.05, 0.1) is 29.6 Å². The Kier molecular flexibility index (Phi) is 5.80. The lowest BCUT2D eigenvalue weighted by atomic mass is 9.80. The first-order valence-electron chi connectivity index (χ1n) is 6.91. The molecule has 1 fully saturated rings. The SMILES string of the molecule is CCCS(=O)(=O)CC1(O)CCC(C(=O)OCC)CC1. The van der Waals surface area contributed by atoms with E-state index in [9.17, 15) is 18.3 Å². The second-order valence-corrected chi connectivity index (χ2v) is 7.53. The number of sulfone groups is 1. The van der Waals surface area contributed by atoms with Crippen LogP contribution >= 0.6 is 0 Å². The fourth-order valence-corrected chi connectivity index (χ4v) is 4.46. The van der Waals surface area contributed by atoms with Gasteiger partial charge < -0.3 is 9.84 Å². The van der Waals surface area contributed by atoms with Gasteiger partial charge in [-0.2, -0.15) is 0 Å². The minimum atomic E-state index is -3.20. The van der Waals surface area contributed by atoms with E-state index in [-0.39, 0.29) is 23.4 Å². The highest BCUT2D eigenvalue weighted by molar-refractivity contribution is 7.91. The summed E-state index contributed by atoms with van der Waals surface area (Å²) in [5, 5.41) is 10.3. The largest absolute Gasteiger partial charge is 0.466 e. The summed E-state index contributed by atoms with van der Waals surface area (Å²) in [7, 11) is -3.20. The molecule has 0 aliphatic heterocycles. The highest BCUT2D eigenvalue weighted by Crippen LogP contribution is 2.34. The van der Waals surface area contributed by atoms with Crippen molar-refractivity contribution in [2.75, 3.05) is 18.1 Å². The number of carbonyl (C=O) groups excluding carboxylic acids is 1. The summed E-state index contributed by atoms with van der Waals surface area (Å²) in [6.07, 6.45) is 2.25. The van der Waals surface area contributed by atoms with Crippen molar-refractivity contribution in [3.63, 3.8) is 0 Å². The molecule has 112 valence electrons. The molecule has 6 heteroatoms. The predicted octanol–water partition coefficient (Wildman–Crippen LogP) is 1.30. The van der Waals surface area contributed by atoms with Crippen molar-refractivity contribution in [2.45, 2.75) is 51.6 Å².